The molecule has 0 radical (unpaired) electrons. The average molecular weight is 411 g/mol. The molecule has 1 aliphatic rings. The normalized spacial score (nSPS) is 15.5. The van der Waals surface area contributed by atoms with E-state index in [9.17, 15) is 8.42 Å². The van der Waals surface area contributed by atoms with E-state index in [-0.39, 0.29) is 6.54 Å². The van der Waals surface area contributed by atoms with Crippen LogP contribution in [0, 0.1) is 6.92 Å². The molecule has 0 amide bonds. The first kappa shape index (κ1) is 19.8. The van der Waals surface area contributed by atoms with Gasteiger partial charge in [0, 0.05) is 25.1 Å². The van der Waals surface area contributed by atoms with Gasteiger partial charge in [0.2, 0.25) is 10.0 Å². The van der Waals surface area contributed by atoms with Crippen molar-refractivity contribution < 1.29 is 8.42 Å². The largest absolute Gasteiger partial charge is 0.288 e. The fraction of sp³-hybridized carbons (Fsp3) is 0.364. The van der Waals surface area contributed by atoms with Gasteiger partial charge in [0.15, 0.2) is 0 Å². The number of pyridine rings is 1. The first-order chi connectivity index (χ1) is 14.0. The van der Waals surface area contributed by atoms with E-state index in [0.29, 0.717) is 16.6 Å². The maximum atomic E-state index is 12.7. The van der Waals surface area contributed by atoms with E-state index in [2.05, 4.69) is 14.7 Å². The number of rotatable bonds is 6. The Morgan fingerprint density at radius 2 is 1.79 bits per heavy atom. The standard InChI is InChI=1S/C22H26N4O2S/c1-17-23-13-14-26(17)22-15-18(11-12-24-22)16-25-29(27,28)21-9-7-20(8-10-21)19-5-3-2-4-6-19/h7-15,19,25H,2-6,16H2,1H3. The fourth-order valence-electron chi connectivity index (χ4n) is 3.94. The lowest BCUT2D eigenvalue weighted by molar-refractivity contribution is 0.443. The van der Waals surface area contributed by atoms with Crippen LogP contribution in [0.25, 0.3) is 5.82 Å². The molecule has 0 bridgehead atoms. The van der Waals surface area contributed by atoms with Gasteiger partial charge in [0.1, 0.15) is 11.6 Å². The third kappa shape index (κ3) is 4.57. The molecule has 1 aromatic carbocycles. The monoisotopic (exact) mass is 410 g/mol. The van der Waals surface area contributed by atoms with Gasteiger partial charge in [-0.2, -0.15) is 0 Å². The van der Waals surface area contributed by atoms with E-state index in [1.165, 1.54) is 37.7 Å². The third-order valence-electron chi connectivity index (χ3n) is 5.62. The first-order valence-electron chi connectivity index (χ1n) is 10.1. The molecule has 29 heavy (non-hydrogen) atoms. The van der Waals surface area contributed by atoms with E-state index in [1.807, 2.05) is 42.0 Å². The second kappa shape index (κ2) is 8.47. The highest BCUT2D eigenvalue weighted by atomic mass is 32.2. The molecular formula is C22H26N4O2S. The Hall–Kier alpha value is -2.51. The minimum atomic E-state index is -3.57. The van der Waals surface area contributed by atoms with Crippen LogP contribution in [-0.4, -0.2) is 23.0 Å². The smallest absolute Gasteiger partial charge is 0.240 e. The maximum Gasteiger partial charge on any atom is 0.240 e. The number of hydrogen-bond donors (Lipinski definition) is 1. The first-order valence-corrected chi connectivity index (χ1v) is 11.6. The predicted octanol–water partition coefficient (Wildman–Crippen LogP) is 4.10. The zero-order valence-electron chi connectivity index (χ0n) is 16.6. The molecule has 3 aromatic rings. The van der Waals surface area contributed by atoms with Crippen molar-refractivity contribution in [3.05, 3.63) is 71.9 Å². The summed E-state index contributed by atoms with van der Waals surface area (Å²) in [7, 11) is -3.57. The van der Waals surface area contributed by atoms with Gasteiger partial charge in [-0.1, -0.05) is 31.4 Å². The summed E-state index contributed by atoms with van der Waals surface area (Å²) >= 11 is 0. The van der Waals surface area contributed by atoms with Crippen molar-refractivity contribution >= 4 is 10.0 Å². The lowest BCUT2D eigenvalue weighted by Crippen LogP contribution is -2.23. The van der Waals surface area contributed by atoms with Crippen LogP contribution in [0.4, 0.5) is 0 Å². The maximum absolute atomic E-state index is 12.7. The van der Waals surface area contributed by atoms with E-state index < -0.39 is 10.0 Å². The molecule has 2 heterocycles. The summed E-state index contributed by atoms with van der Waals surface area (Å²) in [5.74, 6) is 2.11. The van der Waals surface area contributed by atoms with Crippen LogP contribution in [0.2, 0.25) is 0 Å². The number of nitrogens with zero attached hydrogens (tertiary/aromatic N) is 3. The van der Waals surface area contributed by atoms with Gasteiger partial charge in [-0.05, 0) is 61.1 Å². The molecule has 2 aromatic heterocycles. The van der Waals surface area contributed by atoms with Crippen LogP contribution < -0.4 is 4.72 Å². The lowest BCUT2D eigenvalue weighted by Gasteiger charge is -2.22. The third-order valence-corrected chi connectivity index (χ3v) is 7.03. The van der Waals surface area contributed by atoms with Crippen LogP contribution in [-0.2, 0) is 16.6 Å². The summed E-state index contributed by atoms with van der Waals surface area (Å²) in [6, 6.07) is 11.1. The molecule has 1 saturated carbocycles. The molecule has 7 heteroatoms. The Morgan fingerprint density at radius 1 is 1.03 bits per heavy atom. The quantitative estimate of drug-likeness (QED) is 0.664. The Labute approximate surface area is 172 Å². The van der Waals surface area contributed by atoms with Crippen molar-refractivity contribution in [1.29, 1.82) is 0 Å². The van der Waals surface area contributed by atoms with Crippen molar-refractivity contribution in [2.24, 2.45) is 0 Å². The highest BCUT2D eigenvalue weighted by Crippen LogP contribution is 2.32. The summed E-state index contributed by atoms with van der Waals surface area (Å²) < 4.78 is 30.0. The summed E-state index contributed by atoms with van der Waals surface area (Å²) in [4.78, 5) is 8.85. The number of aromatic nitrogens is 3. The zero-order chi connectivity index (χ0) is 20.3. The minimum absolute atomic E-state index is 0.204. The summed E-state index contributed by atoms with van der Waals surface area (Å²) in [6.45, 7) is 2.10. The molecule has 152 valence electrons. The number of imidazole rings is 1. The van der Waals surface area contributed by atoms with E-state index in [1.54, 1.807) is 24.5 Å². The van der Waals surface area contributed by atoms with Crippen LogP contribution in [0.1, 0.15) is 55.0 Å². The van der Waals surface area contributed by atoms with Gasteiger partial charge in [-0.3, -0.25) is 4.57 Å². The molecule has 1 N–H and O–H groups in total. The Balaban J connectivity index is 1.44. The van der Waals surface area contributed by atoms with Crippen LogP contribution >= 0.6 is 0 Å². The highest BCUT2D eigenvalue weighted by molar-refractivity contribution is 7.89. The Morgan fingerprint density at radius 3 is 2.48 bits per heavy atom. The zero-order valence-corrected chi connectivity index (χ0v) is 17.4. The molecule has 0 saturated heterocycles. The van der Waals surface area contributed by atoms with Crippen LogP contribution in [0.3, 0.4) is 0 Å². The van der Waals surface area contributed by atoms with E-state index in [0.717, 1.165) is 11.4 Å². The van der Waals surface area contributed by atoms with Crippen molar-refractivity contribution in [3.63, 3.8) is 0 Å². The highest BCUT2D eigenvalue weighted by Gasteiger charge is 2.18. The average Bonchev–Trinajstić information content (AvgIpc) is 3.19. The molecule has 1 fully saturated rings. The molecule has 6 nitrogen and oxygen atoms in total. The second-order valence-corrected chi connectivity index (χ2v) is 9.36. The topological polar surface area (TPSA) is 76.9 Å². The molecule has 4 rings (SSSR count). The second-order valence-electron chi connectivity index (χ2n) is 7.60. The Kier molecular flexibility index (Phi) is 5.78. The van der Waals surface area contributed by atoms with Crippen molar-refractivity contribution in [2.45, 2.75) is 56.4 Å². The molecule has 0 spiro atoms. The predicted molar refractivity (Wildman–Crippen MR) is 112 cm³/mol. The number of aryl methyl sites for hydroxylation is 1. The summed E-state index contributed by atoms with van der Waals surface area (Å²) in [6.07, 6.45) is 11.5. The number of benzene rings is 1. The SMILES string of the molecule is Cc1nccn1-c1cc(CNS(=O)(=O)c2ccc(C3CCCCC3)cc2)ccn1. The van der Waals surface area contributed by atoms with Crippen molar-refractivity contribution in [1.82, 2.24) is 19.3 Å². The van der Waals surface area contributed by atoms with Gasteiger partial charge >= 0.3 is 0 Å². The van der Waals surface area contributed by atoms with Gasteiger partial charge < -0.3 is 0 Å². The summed E-state index contributed by atoms with van der Waals surface area (Å²) in [5, 5.41) is 0. The molecule has 0 aliphatic heterocycles. The van der Waals surface area contributed by atoms with Crippen LogP contribution in [0.15, 0.2) is 59.9 Å². The molecule has 0 atom stereocenters. The Bertz CT molecular complexity index is 1070. The van der Waals surface area contributed by atoms with Gasteiger partial charge in [-0.25, -0.2) is 23.1 Å². The van der Waals surface area contributed by atoms with Crippen molar-refractivity contribution in [3.8, 4) is 5.82 Å². The lowest BCUT2D eigenvalue weighted by atomic mass is 9.84. The molecular weight excluding hydrogens is 384 g/mol. The van der Waals surface area contributed by atoms with E-state index in [4.69, 9.17) is 0 Å². The van der Waals surface area contributed by atoms with Gasteiger partial charge in [0.25, 0.3) is 0 Å². The van der Waals surface area contributed by atoms with Gasteiger partial charge in [-0.15, -0.1) is 0 Å². The number of sulfonamides is 1. The minimum Gasteiger partial charge on any atom is -0.288 e. The molecule has 0 unspecified atom stereocenters. The number of nitrogens with one attached hydrogen (secondary N) is 1. The van der Waals surface area contributed by atoms with Crippen LogP contribution in [0.5, 0.6) is 0 Å². The van der Waals surface area contributed by atoms with E-state index >= 15 is 0 Å². The molecule has 1 aliphatic carbocycles. The van der Waals surface area contributed by atoms with Crippen molar-refractivity contribution in [2.75, 3.05) is 0 Å². The fourth-order valence-corrected chi connectivity index (χ4v) is 4.96. The summed E-state index contributed by atoms with van der Waals surface area (Å²) in [5.41, 5.74) is 2.09. The number of hydrogen-bond acceptors (Lipinski definition) is 4. The van der Waals surface area contributed by atoms with Gasteiger partial charge in [0.05, 0.1) is 4.90 Å².